The summed E-state index contributed by atoms with van der Waals surface area (Å²) in [7, 11) is 0. The molecule has 0 aromatic rings. The number of hydrogen-bond acceptors (Lipinski definition) is 1. The van der Waals surface area contributed by atoms with E-state index in [1.54, 1.807) is 0 Å². The van der Waals surface area contributed by atoms with Crippen LogP contribution in [0.3, 0.4) is 0 Å². The molecule has 0 aromatic heterocycles. The van der Waals surface area contributed by atoms with Crippen molar-refractivity contribution in [3.05, 3.63) is 0 Å². The maximum atomic E-state index is 9.49. The van der Waals surface area contributed by atoms with Gasteiger partial charge in [-0.05, 0) is 18.8 Å². The second-order valence-corrected chi connectivity index (χ2v) is 4.83. The van der Waals surface area contributed by atoms with Gasteiger partial charge in [-0.15, -0.1) is 0 Å². The lowest BCUT2D eigenvalue weighted by molar-refractivity contribution is 0.150. The van der Waals surface area contributed by atoms with Gasteiger partial charge in [0.05, 0.1) is 6.10 Å². The van der Waals surface area contributed by atoms with Crippen molar-refractivity contribution in [3.63, 3.8) is 0 Å². The van der Waals surface area contributed by atoms with E-state index in [0.717, 1.165) is 25.2 Å². The Labute approximate surface area is 89.9 Å². The van der Waals surface area contributed by atoms with Crippen LogP contribution in [0, 0.1) is 5.92 Å². The largest absolute Gasteiger partial charge is 0.393 e. The topological polar surface area (TPSA) is 20.2 Å². The highest BCUT2D eigenvalue weighted by molar-refractivity contribution is 4.55. The van der Waals surface area contributed by atoms with Crippen LogP contribution in [0.15, 0.2) is 0 Å². The van der Waals surface area contributed by atoms with Crippen molar-refractivity contribution in [2.45, 2.75) is 78.2 Å². The first-order valence-corrected chi connectivity index (χ1v) is 6.34. The quantitative estimate of drug-likeness (QED) is 0.554. The van der Waals surface area contributed by atoms with Gasteiger partial charge < -0.3 is 5.11 Å². The molecule has 0 bridgehead atoms. The zero-order valence-electron chi connectivity index (χ0n) is 10.3. The number of rotatable bonds is 9. The van der Waals surface area contributed by atoms with Crippen LogP contribution in [0.5, 0.6) is 0 Å². The molecule has 0 radical (unpaired) electrons. The average Bonchev–Trinajstić information content (AvgIpc) is 2.11. The molecule has 1 unspecified atom stereocenters. The maximum absolute atomic E-state index is 9.49. The summed E-state index contributed by atoms with van der Waals surface area (Å²) >= 11 is 0. The zero-order valence-corrected chi connectivity index (χ0v) is 10.3. The molecule has 0 aliphatic carbocycles. The van der Waals surface area contributed by atoms with Gasteiger partial charge in [-0.2, -0.15) is 0 Å². The first-order chi connectivity index (χ1) is 6.66. The van der Waals surface area contributed by atoms with Gasteiger partial charge in [0.15, 0.2) is 0 Å². The molecule has 1 nitrogen and oxygen atoms in total. The van der Waals surface area contributed by atoms with Crippen molar-refractivity contribution in [2.24, 2.45) is 5.92 Å². The van der Waals surface area contributed by atoms with E-state index < -0.39 is 0 Å². The summed E-state index contributed by atoms with van der Waals surface area (Å²) in [6.45, 7) is 6.70. The van der Waals surface area contributed by atoms with Crippen LogP contribution < -0.4 is 0 Å². The van der Waals surface area contributed by atoms with Crippen molar-refractivity contribution >= 4 is 0 Å². The van der Waals surface area contributed by atoms with E-state index in [1.807, 2.05) is 0 Å². The van der Waals surface area contributed by atoms with Crippen LogP contribution in [0.2, 0.25) is 0 Å². The first-order valence-electron chi connectivity index (χ1n) is 6.34. The van der Waals surface area contributed by atoms with Crippen LogP contribution in [0.4, 0.5) is 0 Å². The van der Waals surface area contributed by atoms with Crippen LogP contribution in [0.25, 0.3) is 0 Å². The van der Waals surface area contributed by atoms with E-state index in [2.05, 4.69) is 20.8 Å². The molecule has 0 spiro atoms. The molecule has 0 fully saturated rings. The number of unbranched alkanes of at least 4 members (excludes halogenated alkanes) is 3. The highest BCUT2D eigenvalue weighted by Gasteiger charge is 2.01. The van der Waals surface area contributed by atoms with Gasteiger partial charge in [-0.25, -0.2) is 0 Å². The molecule has 0 aromatic carbocycles. The molecular formula is C13H28O. The van der Waals surface area contributed by atoms with E-state index in [1.165, 1.54) is 32.1 Å². The third-order valence-corrected chi connectivity index (χ3v) is 2.69. The normalized spacial score (nSPS) is 13.5. The fourth-order valence-electron chi connectivity index (χ4n) is 1.76. The summed E-state index contributed by atoms with van der Waals surface area (Å²) in [4.78, 5) is 0. The Morgan fingerprint density at radius 3 is 1.93 bits per heavy atom. The van der Waals surface area contributed by atoms with Crippen molar-refractivity contribution in [2.75, 3.05) is 0 Å². The monoisotopic (exact) mass is 200 g/mol. The standard InChI is InChI=1S/C13H28O/c1-4-9-13(14)11-8-6-5-7-10-12(2)3/h12-14H,4-11H2,1-3H3. The molecule has 14 heavy (non-hydrogen) atoms. The predicted molar refractivity (Wildman–Crippen MR) is 63.5 cm³/mol. The maximum Gasteiger partial charge on any atom is 0.0540 e. The Morgan fingerprint density at radius 2 is 1.43 bits per heavy atom. The second kappa shape index (κ2) is 9.51. The molecule has 0 heterocycles. The summed E-state index contributed by atoms with van der Waals surface area (Å²) in [5.74, 6) is 0.848. The summed E-state index contributed by atoms with van der Waals surface area (Å²) in [6, 6.07) is 0. The van der Waals surface area contributed by atoms with Gasteiger partial charge in [-0.3, -0.25) is 0 Å². The lowest BCUT2D eigenvalue weighted by atomic mass is 10.0. The summed E-state index contributed by atoms with van der Waals surface area (Å²) in [5.41, 5.74) is 0. The van der Waals surface area contributed by atoms with Crippen molar-refractivity contribution in [1.82, 2.24) is 0 Å². The van der Waals surface area contributed by atoms with Crippen LogP contribution in [0.1, 0.15) is 72.1 Å². The van der Waals surface area contributed by atoms with Gasteiger partial charge in [0, 0.05) is 0 Å². The minimum Gasteiger partial charge on any atom is -0.393 e. The molecule has 0 rings (SSSR count). The summed E-state index contributed by atoms with van der Waals surface area (Å²) < 4.78 is 0. The Hall–Kier alpha value is -0.0400. The lowest BCUT2D eigenvalue weighted by Crippen LogP contribution is -2.04. The second-order valence-electron chi connectivity index (χ2n) is 4.83. The molecular weight excluding hydrogens is 172 g/mol. The fourth-order valence-corrected chi connectivity index (χ4v) is 1.76. The van der Waals surface area contributed by atoms with Crippen molar-refractivity contribution < 1.29 is 5.11 Å². The third-order valence-electron chi connectivity index (χ3n) is 2.69. The number of aliphatic hydroxyl groups is 1. The Morgan fingerprint density at radius 1 is 0.857 bits per heavy atom. The van der Waals surface area contributed by atoms with Crippen molar-refractivity contribution in [1.29, 1.82) is 0 Å². The molecule has 0 amide bonds. The molecule has 1 atom stereocenters. The molecule has 1 N–H and O–H groups in total. The Balaban J connectivity index is 3.05. The van der Waals surface area contributed by atoms with Gasteiger partial charge in [0.25, 0.3) is 0 Å². The van der Waals surface area contributed by atoms with E-state index in [-0.39, 0.29) is 6.10 Å². The Kier molecular flexibility index (Phi) is 9.49. The molecule has 0 aliphatic rings. The third kappa shape index (κ3) is 10.0. The zero-order chi connectivity index (χ0) is 10.8. The molecule has 1 heteroatoms. The van der Waals surface area contributed by atoms with E-state index >= 15 is 0 Å². The van der Waals surface area contributed by atoms with Gasteiger partial charge in [0.2, 0.25) is 0 Å². The van der Waals surface area contributed by atoms with E-state index in [4.69, 9.17) is 0 Å². The average molecular weight is 200 g/mol. The summed E-state index contributed by atoms with van der Waals surface area (Å²) in [6.07, 6.45) is 9.63. The van der Waals surface area contributed by atoms with Crippen LogP contribution in [-0.2, 0) is 0 Å². The van der Waals surface area contributed by atoms with Crippen LogP contribution in [-0.4, -0.2) is 11.2 Å². The highest BCUT2D eigenvalue weighted by atomic mass is 16.3. The fraction of sp³-hybridized carbons (Fsp3) is 1.00. The minimum absolute atomic E-state index is 0.0369. The molecule has 86 valence electrons. The van der Waals surface area contributed by atoms with E-state index in [0.29, 0.717) is 0 Å². The molecule has 0 saturated carbocycles. The van der Waals surface area contributed by atoms with Crippen LogP contribution >= 0.6 is 0 Å². The van der Waals surface area contributed by atoms with Crippen molar-refractivity contribution in [3.8, 4) is 0 Å². The lowest BCUT2D eigenvalue weighted by Gasteiger charge is -2.08. The first kappa shape index (κ1) is 14.0. The minimum atomic E-state index is -0.0369. The smallest absolute Gasteiger partial charge is 0.0540 e. The predicted octanol–water partition coefficient (Wildman–Crippen LogP) is 4.14. The number of hydrogen-bond donors (Lipinski definition) is 1. The van der Waals surface area contributed by atoms with Gasteiger partial charge in [0.1, 0.15) is 0 Å². The number of aliphatic hydroxyl groups excluding tert-OH is 1. The SMILES string of the molecule is CCCC(O)CCCCCCC(C)C. The van der Waals surface area contributed by atoms with Gasteiger partial charge in [-0.1, -0.05) is 59.3 Å². The molecule has 0 saturated heterocycles. The van der Waals surface area contributed by atoms with E-state index in [9.17, 15) is 5.11 Å². The van der Waals surface area contributed by atoms with Gasteiger partial charge >= 0.3 is 0 Å². The highest BCUT2D eigenvalue weighted by Crippen LogP contribution is 2.12. The molecule has 0 aliphatic heterocycles. The summed E-state index contributed by atoms with van der Waals surface area (Å²) in [5, 5.41) is 9.49. The Bertz CT molecular complexity index is 110.